The van der Waals surface area contributed by atoms with Crippen LogP contribution in [0.4, 0.5) is 0 Å². The molecule has 68 valence electrons. The quantitative estimate of drug-likeness (QED) is 0.616. The van der Waals surface area contributed by atoms with E-state index in [4.69, 9.17) is 23.8 Å². The fourth-order valence-corrected chi connectivity index (χ4v) is 2.01. The zero-order valence-electron chi connectivity index (χ0n) is 6.79. The van der Waals surface area contributed by atoms with Crippen LogP contribution in [-0.4, -0.2) is 11.8 Å². The Labute approximate surface area is 85.7 Å². The standard InChI is InChI=1S/C9H8ClNOS/c1-2-3-7(11)8(12)9-6(10)4-5-13-9/h1,4-5,7H,3,11H2. The normalized spacial score (nSPS) is 12.1. The second-order valence-electron chi connectivity index (χ2n) is 2.48. The lowest BCUT2D eigenvalue weighted by Gasteiger charge is -2.04. The van der Waals surface area contributed by atoms with E-state index in [0.29, 0.717) is 9.90 Å². The Hall–Kier alpha value is -0.820. The number of carbonyl (C=O) groups is 1. The molecule has 1 rings (SSSR count). The highest BCUT2D eigenvalue weighted by molar-refractivity contribution is 7.12. The SMILES string of the molecule is C#CCC(N)C(=O)c1sccc1Cl. The summed E-state index contributed by atoms with van der Waals surface area (Å²) in [6, 6.07) is 1.03. The van der Waals surface area contributed by atoms with Crippen LogP contribution in [0, 0.1) is 12.3 Å². The lowest BCUT2D eigenvalue weighted by Crippen LogP contribution is -2.29. The van der Waals surface area contributed by atoms with E-state index in [1.165, 1.54) is 11.3 Å². The Balaban J connectivity index is 2.81. The first-order chi connectivity index (χ1) is 6.16. The van der Waals surface area contributed by atoms with Gasteiger partial charge >= 0.3 is 0 Å². The third kappa shape index (κ3) is 2.31. The average Bonchev–Trinajstić information content (AvgIpc) is 2.50. The second kappa shape index (κ2) is 4.43. The van der Waals surface area contributed by atoms with Gasteiger partial charge in [-0.25, -0.2) is 0 Å². The molecule has 13 heavy (non-hydrogen) atoms. The van der Waals surface area contributed by atoms with Gasteiger partial charge in [0.15, 0.2) is 5.78 Å². The predicted molar refractivity (Wildman–Crippen MR) is 55.1 cm³/mol. The van der Waals surface area contributed by atoms with E-state index >= 15 is 0 Å². The largest absolute Gasteiger partial charge is 0.320 e. The molecule has 0 amide bonds. The van der Waals surface area contributed by atoms with E-state index in [-0.39, 0.29) is 12.2 Å². The first-order valence-corrected chi connectivity index (χ1v) is 4.89. The van der Waals surface area contributed by atoms with Crippen LogP contribution in [0.1, 0.15) is 16.1 Å². The van der Waals surface area contributed by atoms with Crippen LogP contribution in [0.15, 0.2) is 11.4 Å². The van der Waals surface area contributed by atoms with E-state index in [0.717, 1.165) is 0 Å². The maximum absolute atomic E-state index is 11.5. The van der Waals surface area contributed by atoms with Crippen LogP contribution in [0.3, 0.4) is 0 Å². The third-order valence-corrected chi connectivity index (χ3v) is 2.87. The third-order valence-electron chi connectivity index (χ3n) is 1.52. The van der Waals surface area contributed by atoms with Gasteiger partial charge in [-0.2, -0.15) is 0 Å². The molecule has 0 spiro atoms. The molecule has 0 aromatic carbocycles. The van der Waals surface area contributed by atoms with Crippen LogP contribution >= 0.6 is 22.9 Å². The molecule has 1 heterocycles. The highest BCUT2D eigenvalue weighted by Gasteiger charge is 2.18. The Morgan fingerprint density at radius 3 is 3.00 bits per heavy atom. The molecule has 2 N–H and O–H groups in total. The number of hydrogen-bond donors (Lipinski definition) is 1. The average molecular weight is 214 g/mol. The van der Waals surface area contributed by atoms with Crippen molar-refractivity contribution in [1.29, 1.82) is 0 Å². The summed E-state index contributed by atoms with van der Waals surface area (Å²) in [4.78, 5) is 12.0. The molecule has 4 heteroatoms. The smallest absolute Gasteiger partial charge is 0.191 e. The molecule has 0 aliphatic carbocycles. The van der Waals surface area contributed by atoms with Crippen LogP contribution in [0.25, 0.3) is 0 Å². The van der Waals surface area contributed by atoms with Crippen LogP contribution in [-0.2, 0) is 0 Å². The van der Waals surface area contributed by atoms with Gasteiger partial charge in [-0.15, -0.1) is 23.7 Å². The number of Topliss-reactive ketones (excluding diaryl/α,β-unsaturated/α-hetero) is 1. The molecule has 2 nitrogen and oxygen atoms in total. The van der Waals surface area contributed by atoms with E-state index in [1.807, 2.05) is 0 Å². The number of halogens is 1. The van der Waals surface area contributed by atoms with Crippen LogP contribution in [0.5, 0.6) is 0 Å². The second-order valence-corrected chi connectivity index (χ2v) is 3.80. The van der Waals surface area contributed by atoms with Crippen molar-refractivity contribution in [3.63, 3.8) is 0 Å². The molecule has 0 aliphatic heterocycles. The Morgan fingerprint density at radius 1 is 1.85 bits per heavy atom. The summed E-state index contributed by atoms with van der Waals surface area (Å²) < 4.78 is 0. The van der Waals surface area contributed by atoms with Crippen molar-refractivity contribution in [2.75, 3.05) is 0 Å². The minimum atomic E-state index is -0.638. The predicted octanol–water partition coefficient (Wildman–Crippen LogP) is 1.93. The van der Waals surface area contributed by atoms with Crippen molar-refractivity contribution in [1.82, 2.24) is 0 Å². The molecule has 0 radical (unpaired) electrons. The van der Waals surface area contributed by atoms with Crippen LogP contribution < -0.4 is 5.73 Å². The molecule has 0 aliphatic rings. The number of thiophene rings is 1. The maximum atomic E-state index is 11.5. The van der Waals surface area contributed by atoms with E-state index in [2.05, 4.69) is 5.92 Å². The summed E-state index contributed by atoms with van der Waals surface area (Å²) >= 11 is 7.04. The van der Waals surface area contributed by atoms with Gasteiger partial charge in [0.05, 0.1) is 15.9 Å². The molecular weight excluding hydrogens is 206 g/mol. The highest BCUT2D eigenvalue weighted by Crippen LogP contribution is 2.23. The molecule has 0 saturated heterocycles. The molecule has 0 bridgehead atoms. The summed E-state index contributed by atoms with van der Waals surface area (Å²) in [7, 11) is 0. The monoisotopic (exact) mass is 213 g/mol. The summed E-state index contributed by atoms with van der Waals surface area (Å²) in [5.74, 6) is 2.16. The van der Waals surface area contributed by atoms with Crippen molar-refractivity contribution in [2.24, 2.45) is 5.73 Å². The van der Waals surface area contributed by atoms with Gasteiger partial charge < -0.3 is 5.73 Å². The van der Waals surface area contributed by atoms with Gasteiger partial charge in [-0.1, -0.05) is 11.6 Å². The number of terminal acetylenes is 1. The van der Waals surface area contributed by atoms with Gasteiger partial charge in [0, 0.05) is 6.42 Å². The van der Waals surface area contributed by atoms with E-state index in [9.17, 15) is 4.79 Å². The summed E-state index contributed by atoms with van der Waals surface area (Å²) in [5.41, 5.74) is 5.54. The lowest BCUT2D eigenvalue weighted by molar-refractivity contribution is 0.0967. The van der Waals surface area contributed by atoms with Crippen molar-refractivity contribution in [3.8, 4) is 12.3 Å². The number of ketones is 1. The lowest BCUT2D eigenvalue weighted by atomic mass is 10.1. The number of hydrogen-bond acceptors (Lipinski definition) is 3. The first-order valence-electron chi connectivity index (χ1n) is 3.63. The molecule has 1 atom stereocenters. The van der Waals surface area contributed by atoms with Crippen molar-refractivity contribution in [2.45, 2.75) is 12.5 Å². The number of nitrogens with two attached hydrogens (primary N) is 1. The molecule has 1 unspecified atom stereocenters. The van der Waals surface area contributed by atoms with Gasteiger partial charge in [-0.3, -0.25) is 4.79 Å². The van der Waals surface area contributed by atoms with Crippen LogP contribution in [0.2, 0.25) is 5.02 Å². The van der Waals surface area contributed by atoms with Crippen molar-refractivity contribution in [3.05, 3.63) is 21.3 Å². The van der Waals surface area contributed by atoms with Gasteiger partial charge in [0.2, 0.25) is 0 Å². The fourth-order valence-electron chi connectivity index (χ4n) is 0.858. The Morgan fingerprint density at radius 2 is 2.54 bits per heavy atom. The molecular formula is C9H8ClNOS. The molecule has 1 aromatic rings. The van der Waals surface area contributed by atoms with Gasteiger partial charge in [0.25, 0.3) is 0 Å². The summed E-state index contributed by atoms with van der Waals surface area (Å²) in [6.45, 7) is 0. The zero-order chi connectivity index (χ0) is 9.84. The van der Waals surface area contributed by atoms with Crippen molar-refractivity contribution >= 4 is 28.7 Å². The maximum Gasteiger partial charge on any atom is 0.191 e. The minimum absolute atomic E-state index is 0.182. The molecule has 1 aromatic heterocycles. The Bertz CT molecular complexity index is 353. The summed E-state index contributed by atoms with van der Waals surface area (Å²) in [6.07, 6.45) is 5.29. The molecule has 0 saturated carbocycles. The number of rotatable bonds is 3. The first kappa shape index (κ1) is 10.3. The Kier molecular flexibility index (Phi) is 3.49. The fraction of sp³-hybridized carbons (Fsp3) is 0.222. The van der Waals surface area contributed by atoms with E-state index < -0.39 is 6.04 Å². The topological polar surface area (TPSA) is 43.1 Å². The number of carbonyl (C=O) groups excluding carboxylic acids is 1. The van der Waals surface area contributed by atoms with Gasteiger partial charge in [-0.05, 0) is 11.4 Å². The van der Waals surface area contributed by atoms with Crippen molar-refractivity contribution < 1.29 is 4.79 Å². The highest BCUT2D eigenvalue weighted by atomic mass is 35.5. The minimum Gasteiger partial charge on any atom is -0.320 e. The zero-order valence-corrected chi connectivity index (χ0v) is 8.36. The van der Waals surface area contributed by atoms with Gasteiger partial charge in [0.1, 0.15) is 0 Å². The molecule has 0 fully saturated rings. The summed E-state index contributed by atoms with van der Waals surface area (Å²) in [5, 5.41) is 2.19. The van der Waals surface area contributed by atoms with E-state index in [1.54, 1.807) is 11.4 Å².